The number of amides is 1. The summed E-state index contributed by atoms with van der Waals surface area (Å²) in [5, 5.41) is 11.8. The van der Waals surface area contributed by atoms with Crippen molar-refractivity contribution in [3.05, 3.63) is 65.2 Å². The number of nitrogens with one attached hydrogen (secondary N) is 1. The van der Waals surface area contributed by atoms with Crippen molar-refractivity contribution in [2.45, 2.75) is 20.3 Å². The number of carbonyl (C=O) groups is 3. The summed E-state index contributed by atoms with van der Waals surface area (Å²) in [5.41, 5.74) is 2.69. The number of carboxylic acid groups (broad SMARTS) is 1. The molecule has 6 heteroatoms. The molecule has 2 rings (SSSR count). The van der Waals surface area contributed by atoms with Gasteiger partial charge in [0.15, 0.2) is 5.12 Å². The number of anilines is 1. The smallest absolute Gasteiger partial charge is 0.335 e. The third-order valence-electron chi connectivity index (χ3n) is 3.84. The van der Waals surface area contributed by atoms with Gasteiger partial charge in [-0.3, -0.25) is 9.59 Å². The lowest BCUT2D eigenvalue weighted by atomic mass is 9.99. The van der Waals surface area contributed by atoms with Gasteiger partial charge in [-0.25, -0.2) is 4.79 Å². The van der Waals surface area contributed by atoms with Gasteiger partial charge in [-0.1, -0.05) is 47.7 Å². The maximum Gasteiger partial charge on any atom is 0.335 e. The van der Waals surface area contributed by atoms with Gasteiger partial charge in [-0.15, -0.1) is 0 Å². The summed E-state index contributed by atoms with van der Waals surface area (Å²) in [6, 6.07) is 14.0. The van der Waals surface area contributed by atoms with Crippen LogP contribution >= 0.6 is 11.8 Å². The van der Waals surface area contributed by atoms with Gasteiger partial charge in [0.2, 0.25) is 5.91 Å². The number of carbonyl (C=O) groups excluding carboxylic acids is 2. The molecule has 0 aliphatic heterocycles. The summed E-state index contributed by atoms with van der Waals surface area (Å²) in [7, 11) is 0. The Balaban J connectivity index is 2.13. The second kappa shape index (κ2) is 9.20. The van der Waals surface area contributed by atoms with Gasteiger partial charge < -0.3 is 10.4 Å². The first-order valence-electron chi connectivity index (χ1n) is 8.18. The summed E-state index contributed by atoms with van der Waals surface area (Å²) in [5.74, 6) is -1.32. The van der Waals surface area contributed by atoms with E-state index < -0.39 is 11.9 Å². The SMILES string of the molecule is CC(=O)SCC(Cc1ccc(C)cc1)C(=O)Nc1cccc(C(=O)O)c1. The molecule has 5 nitrogen and oxygen atoms in total. The van der Waals surface area contributed by atoms with Crippen LogP contribution in [0.4, 0.5) is 5.69 Å². The molecule has 0 aliphatic rings. The van der Waals surface area contributed by atoms with E-state index in [0.717, 1.165) is 22.9 Å². The molecule has 1 unspecified atom stereocenters. The largest absolute Gasteiger partial charge is 0.478 e. The summed E-state index contributed by atoms with van der Waals surface area (Å²) >= 11 is 1.11. The standard InChI is InChI=1S/C20H21NO4S/c1-13-6-8-15(9-7-13)10-17(12-26-14(2)22)19(23)21-18-5-3-4-16(11-18)20(24)25/h3-9,11,17H,10,12H2,1-2H3,(H,21,23)(H,24,25). The second-order valence-electron chi connectivity index (χ2n) is 6.06. The highest BCUT2D eigenvalue weighted by atomic mass is 32.2. The first-order valence-corrected chi connectivity index (χ1v) is 9.17. The van der Waals surface area contributed by atoms with E-state index in [9.17, 15) is 14.4 Å². The zero-order chi connectivity index (χ0) is 19.1. The van der Waals surface area contributed by atoms with Crippen LogP contribution in [0.1, 0.15) is 28.4 Å². The lowest BCUT2D eigenvalue weighted by Crippen LogP contribution is -2.27. The molecule has 1 atom stereocenters. The van der Waals surface area contributed by atoms with E-state index in [1.165, 1.54) is 19.1 Å². The van der Waals surface area contributed by atoms with Gasteiger partial charge >= 0.3 is 5.97 Å². The summed E-state index contributed by atoms with van der Waals surface area (Å²) in [4.78, 5) is 35.1. The van der Waals surface area contributed by atoms with Crippen LogP contribution in [0.2, 0.25) is 0 Å². The number of carboxylic acids is 1. The molecule has 0 aromatic heterocycles. The molecule has 2 N–H and O–H groups in total. The van der Waals surface area contributed by atoms with Crippen LogP contribution in [0.25, 0.3) is 0 Å². The first-order chi connectivity index (χ1) is 12.3. The Morgan fingerprint density at radius 3 is 2.42 bits per heavy atom. The minimum atomic E-state index is -1.05. The van der Waals surface area contributed by atoms with Crippen molar-refractivity contribution in [2.75, 3.05) is 11.1 Å². The van der Waals surface area contributed by atoms with Crippen LogP contribution in [-0.4, -0.2) is 27.9 Å². The molecule has 1 amide bonds. The highest BCUT2D eigenvalue weighted by molar-refractivity contribution is 8.13. The van der Waals surface area contributed by atoms with Gasteiger partial charge in [0.25, 0.3) is 0 Å². The number of thioether (sulfide) groups is 1. The van der Waals surface area contributed by atoms with Crippen molar-refractivity contribution < 1.29 is 19.5 Å². The van der Waals surface area contributed by atoms with Gasteiger partial charge in [0, 0.05) is 18.4 Å². The fourth-order valence-electron chi connectivity index (χ4n) is 2.43. The summed E-state index contributed by atoms with van der Waals surface area (Å²) < 4.78 is 0. The van der Waals surface area contributed by atoms with Gasteiger partial charge in [-0.2, -0.15) is 0 Å². The predicted octanol–water partition coefficient (Wildman–Crippen LogP) is 3.77. The Kier molecular flexibility index (Phi) is 6.97. The number of benzene rings is 2. The molecule has 0 spiro atoms. The van der Waals surface area contributed by atoms with Crippen molar-refractivity contribution in [1.82, 2.24) is 0 Å². The second-order valence-corrected chi connectivity index (χ2v) is 7.26. The average molecular weight is 371 g/mol. The molecule has 0 bridgehead atoms. The first kappa shape index (κ1) is 19.7. The van der Waals surface area contributed by atoms with Crippen molar-refractivity contribution in [3.8, 4) is 0 Å². The van der Waals surface area contributed by atoms with Crippen molar-refractivity contribution in [1.29, 1.82) is 0 Å². The maximum atomic E-state index is 12.7. The molecular formula is C20H21NO4S. The maximum absolute atomic E-state index is 12.7. The Morgan fingerprint density at radius 1 is 1.12 bits per heavy atom. The zero-order valence-corrected chi connectivity index (χ0v) is 15.5. The third-order valence-corrected chi connectivity index (χ3v) is 4.81. The topological polar surface area (TPSA) is 83.5 Å². The van der Waals surface area contributed by atoms with Crippen molar-refractivity contribution in [2.24, 2.45) is 5.92 Å². The average Bonchev–Trinajstić information content (AvgIpc) is 2.60. The summed E-state index contributed by atoms with van der Waals surface area (Å²) in [6.45, 7) is 3.47. The van der Waals surface area contributed by atoms with Crippen molar-refractivity contribution in [3.63, 3.8) is 0 Å². The van der Waals surface area contributed by atoms with Crippen LogP contribution < -0.4 is 5.32 Å². The molecule has 0 saturated carbocycles. The van der Waals surface area contributed by atoms with E-state index in [1.807, 2.05) is 31.2 Å². The molecule has 0 radical (unpaired) electrons. The van der Waals surface area contributed by atoms with Crippen LogP contribution in [0.15, 0.2) is 48.5 Å². The number of aryl methyl sites for hydroxylation is 1. The Bertz CT molecular complexity index is 802. The molecule has 0 aliphatic carbocycles. The molecule has 26 heavy (non-hydrogen) atoms. The molecule has 2 aromatic carbocycles. The number of hydrogen-bond donors (Lipinski definition) is 2. The normalized spacial score (nSPS) is 11.6. The molecule has 136 valence electrons. The van der Waals surface area contributed by atoms with E-state index in [-0.39, 0.29) is 16.6 Å². The Hall–Kier alpha value is -2.60. The van der Waals surface area contributed by atoms with E-state index in [2.05, 4.69) is 5.32 Å². The highest BCUT2D eigenvalue weighted by Gasteiger charge is 2.20. The van der Waals surface area contributed by atoms with E-state index in [4.69, 9.17) is 5.11 Å². The van der Waals surface area contributed by atoms with E-state index in [1.54, 1.807) is 12.1 Å². The minimum absolute atomic E-state index is 0.0421. The Labute approximate surface area is 156 Å². The monoisotopic (exact) mass is 371 g/mol. The lowest BCUT2D eigenvalue weighted by Gasteiger charge is -2.16. The molecular weight excluding hydrogens is 350 g/mol. The van der Waals surface area contributed by atoms with Crippen LogP contribution in [0.3, 0.4) is 0 Å². The van der Waals surface area contributed by atoms with Crippen molar-refractivity contribution >= 4 is 34.4 Å². The lowest BCUT2D eigenvalue weighted by molar-refractivity contribution is -0.119. The number of rotatable bonds is 7. The molecule has 0 fully saturated rings. The molecule has 2 aromatic rings. The quantitative estimate of drug-likeness (QED) is 0.774. The number of hydrogen-bond acceptors (Lipinski definition) is 4. The van der Waals surface area contributed by atoms with E-state index in [0.29, 0.717) is 17.9 Å². The number of aromatic carboxylic acids is 1. The molecule has 0 heterocycles. The highest BCUT2D eigenvalue weighted by Crippen LogP contribution is 2.19. The van der Waals surface area contributed by atoms with Gasteiger partial charge in [0.05, 0.1) is 11.5 Å². The predicted molar refractivity (Wildman–Crippen MR) is 104 cm³/mol. The van der Waals surface area contributed by atoms with Gasteiger partial charge in [0.1, 0.15) is 0 Å². The van der Waals surface area contributed by atoms with Gasteiger partial charge in [-0.05, 0) is 37.1 Å². The minimum Gasteiger partial charge on any atom is -0.478 e. The van der Waals surface area contributed by atoms with E-state index >= 15 is 0 Å². The Morgan fingerprint density at radius 2 is 1.81 bits per heavy atom. The fourth-order valence-corrected chi connectivity index (χ4v) is 3.13. The molecule has 0 saturated heterocycles. The zero-order valence-electron chi connectivity index (χ0n) is 14.7. The van der Waals surface area contributed by atoms with Crippen LogP contribution in [-0.2, 0) is 16.0 Å². The van der Waals surface area contributed by atoms with Crippen LogP contribution in [0, 0.1) is 12.8 Å². The fraction of sp³-hybridized carbons (Fsp3) is 0.250. The van der Waals surface area contributed by atoms with Crippen LogP contribution in [0.5, 0.6) is 0 Å². The summed E-state index contributed by atoms with van der Waals surface area (Å²) in [6.07, 6.45) is 0.505. The third kappa shape index (κ3) is 6.04.